The second-order valence-electron chi connectivity index (χ2n) is 7.21. The van der Waals surface area contributed by atoms with Crippen LogP contribution >= 0.6 is 0 Å². The van der Waals surface area contributed by atoms with E-state index >= 15 is 0 Å². The maximum absolute atomic E-state index is 6.69. The molecule has 0 aliphatic rings. The molecule has 0 spiro atoms. The van der Waals surface area contributed by atoms with E-state index in [1.165, 1.54) is 33.4 Å². The summed E-state index contributed by atoms with van der Waals surface area (Å²) in [6, 6.07) is 8.28. The molecule has 0 saturated heterocycles. The van der Waals surface area contributed by atoms with Crippen LogP contribution in [0.1, 0.15) is 75.6 Å². The molecule has 0 saturated carbocycles. The Kier molecular flexibility index (Phi) is 5.58. The summed E-state index contributed by atoms with van der Waals surface area (Å²) < 4.78 is 0. The lowest BCUT2D eigenvalue weighted by Crippen LogP contribution is -2.12. The van der Waals surface area contributed by atoms with Crippen LogP contribution in [0, 0.1) is 0 Å². The zero-order valence-corrected chi connectivity index (χ0v) is 16.0. The molecule has 0 unspecified atom stereocenters. The molecule has 4 N–H and O–H groups in total. The number of benzene rings is 2. The molecule has 24 heavy (non-hydrogen) atoms. The van der Waals surface area contributed by atoms with Gasteiger partial charge in [0.1, 0.15) is 0 Å². The van der Waals surface area contributed by atoms with Crippen LogP contribution in [-0.2, 0) is 12.8 Å². The van der Waals surface area contributed by atoms with E-state index in [2.05, 4.69) is 53.7 Å². The van der Waals surface area contributed by atoms with Gasteiger partial charge in [-0.05, 0) is 70.2 Å². The Morgan fingerprint density at radius 2 is 1.17 bits per heavy atom. The first kappa shape index (κ1) is 18.4. The predicted molar refractivity (Wildman–Crippen MR) is 108 cm³/mol. The highest BCUT2D eigenvalue weighted by Crippen LogP contribution is 2.43. The van der Waals surface area contributed by atoms with E-state index < -0.39 is 0 Å². The first-order valence-electron chi connectivity index (χ1n) is 9.16. The zero-order valence-electron chi connectivity index (χ0n) is 16.0. The smallest absolute Gasteiger partial charge is 0.0390 e. The molecule has 0 aliphatic heterocycles. The molecule has 2 nitrogen and oxygen atoms in total. The van der Waals surface area contributed by atoms with E-state index in [1.54, 1.807) is 0 Å². The molecule has 0 aromatic heterocycles. The van der Waals surface area contributed by atoms with Crippen molar-refractivity contribution in [1.82, 2.24) is 0 Å². The van der Waals surface area contributed by atoms with Crippen LogP contribution in [0.15, 0.2) is 24.3 Å². The molecule has 0 aliphatic carbocycles. The van der Waals surface area contributed by atoms with Crippen molar-refractivity contribution in [2.24, 2.45) is 0 Å². The molecular formula is C22H32N2. The summed E-state index contributed by atoms with van der Waals surface area (Å²) in [6.07, 6.45) is 1.98. The van der Waals surface area contributed by atoms with Gasteiger partial charge in [-0.25, -0.2) is 0 Å². The molecule has 0 fully saturated rings. The molecular weight excluding hydrogens is 292 g/mol. The molecule has 2 heteroatoms. The van der Waals surface area contributed by atoms with Gasteiger partial charge in [0, 0.05) is 11.4 Å². The topological polar surface area (TPSA) is 52.0 Å². The minimum atomic E-state index is 0.413. The molecule has 0 radical (unpaired) electrons. The van der Waals surface area contributed by atoms with Crippen LogP contribution in [0.2, 0.25) is 0 Å². The maximum atomic E-state index is 6.69. The van der Waals surface area contributed by atoms with E-state index in [9.17, 15) is 0 Å². The quantitative estimate of drug-likeness (QED) is 0.674. The molecule has 0 atom stereocenters. The number of hydrogen-bond donors (Lipinski definition) is 2. The largest absolute Gasteiger partial charge is 0.399 e. The Labute approximate surface area is 147 Å². The predicted octanol–water partition coefficient (Wildman–Crippen LogP) is 5.89. The van der Waals surface area contributed by atoms with Gasteiger partial charge in [-0.15, -0.1) is 0 Å². The van der Waals surface area contributed by atoms with Gasteiger partial charge in [-0.2, -0.15) is 0 Å². The number of rotatable bonds is 5. The van der Waals surface area contributed by atoms with Gasteiger partial charge in [0.25, 0.3) is 0 Å². The number of anilines is 2. The van der Waals surface area contributed by atoms with E-state index in [-0.39, 0.29) is 0 Å². The molecule has 2 rings (SSSR count). The van der Waals surface area contributed by atoms with E-state index in [1.807, 2.05) is 12.1 Å². The van der Waals surface area contributed by atoms with Crippen molar-refractivity contribution in [1.29, 1.82) is 0 Å². The highest BCUT2D eigenvalue weighted by Gasteiger charge is 2.24. The summed E-state index contributed by atoms with van der Waals surface area (Å²) >= 11 is 0. The van der Waals surface area contributed by atoms with Crippen LogP contribution < -0.4 is 11.5 Å². The molecule has 0 heterocycles. The SMILES string of the molecule is CCc1c(-c2ccc(N)cc2)c(CC)c(C(C)C)c(N)c1C(C)C. The third-order valence-electron chi connectivity index (χ3n) is 4.90. The zero-order chi connectivity index (χ0) is 18.0. The Balaban J connectivity index is 2.96. The van der Waals surface area contributed by atoms with Crippen molar-refractivity contribution in [3.63, 3.8) is 0 Å². The highest BCUT2D eigenvalue weighted by molar-refractivity contribution is 5.80. The summed E-state index contributed by atoms with van der Waals surface area (Å²) in [5.74, 6) is 0.826. The molecule has 2 aromatic carbocycles. The Hall–Kier alpha value is -1.96. The van der Waals surface area contributed by atoms with Crippen molar-refractivity contribution in [3.05, 3.63) is 46.5 Å². The molecule has 0 amide bonds. The lowest BCUT2D eigenvalue weighted by Gasteiger charge is -2.28. The first-order valence-corrected chi connectivity index (χ1v) is 9.16. The second kappa shape index (κ2) is 7.29. The minimum Gasteiger partial charge on any atom is -0.399 e. The fraction of sp³-hybridized carbons (Fsp3) is 0.455. The maximum Gasteiger partial charge on any atom is 0.0390 e. The summed E-state index contributed by atoms with van der Waals surface area (Å²) in [6.45, 7) is 13.4. The van der Waals surface area contributed by atoms with Crippen LogP contribution in [0.5, 0.6) is 0 Å². The van der Waals surface area contributed by atoms with Crippen molar-refractivity contribution >= 4 is 11.4 Å². The van der Waals surface area contributed by atoms with Crippen LogP contribution in [-0.4, -0.2) is 0 Å². The van der Waals surface area contributed by atoms with E-state index in [0.29, 0.717) is 11.8 Å². The summed E-state index contributed by atoms with van der Waals surface area (Å²) in [4.78, 5) is 0. The van der Waals surface area contributed by atoms with Crippen LogP contribution in [0.4, 0.5) is 11.4 Å². The lowest BCUT2D eigenvalue weighted by molar-refractivity contribution is 0.812. The van der Waals surface area contributed by atoms with Gasteiger partial charge in [-0.1, -0.05) is 53.7 Å². The minimum absolute atomic E-state index is 0.413. The first-order chi connectivity index (χ1) is 11.3. The van der Waals surface area contributed by atoms with Crippen LogP contribution in [0.25, 0.3) is 11.1 Å². The number of nitrogens with two attached hydrogens (primary N) is 2. The van der Waals surface area contributed by atoms with Gasteiger partial charge in [0.2, 0.25) is 0 Å². The van der Waals surface area contributed by atoms with E-state index in [4.69, 9.17) is 11.5 Å². The fourth-order valence-corrected chi connectivity index (χ4v) is 3.97. The summed E-state index contributed by atoms with van der Waals surface area (Å²) in [5, 5.41) is 0. The Morgan fingerprint density at radius 1 is 0.750 bits per heavy atom. The van der Waals surface area contributed by atoms with Gasteiger partial charge in [-0.3, -0.25) is 0 Å². The highest BCUT2D eigenvalue weighted by atomic mass is 14.6. The monoisotopic (exact) mass is 324 g/mol. The van der Waals surface area contributed by atoms with Crippen LogP contribution in [0.3, 0.4) is 0 Å². The summed E-state index contributed by atoms with van der Waals surface area (Å²) in [7, 11) is 0. The van der Waals surface area contributed by atoms with Gasteiger partial charge in [0.15, 0.2) is 0 Å². The van der Waals surface area contributed by atoms with Crippen molar-refractivity contribution < 1.29 is 0 Å². The lowest BCUT2D eigenvalue weighted by atomic mass is 9.78. The standard InChI is InChI=1S/C22H32N2/c1-7-17-19(13(3)4)22(24)20(14(5)6)18(8-2)21(17)15-9-11-16(23)12-10-15/h9-14H,7-8,23-24H2,1-6H3. The van der Waals surface area contributed by atoms with Crippen molar-refractivity contribution in [3.8, 4) is 11.1 Å². The second-order valence-corrected chi connectivity index (χ2v) is 7.21. The van der Waals surface area contributed by atoms with E-state index in [0.717, 1.165) is 24.2 Å². The van der Waals surface area contributed by atoms with Gasteiger partial charge >= 0.3 is 0 Å². The van der Waals surface area contributed by atoms with Gasteiger partial charge in [0.05, 0.1) is 0 Å². The average Bonchev–Trinajstić information content (AvgIpc) is 2.53. The molecule has 2 aromatic rings. The Bertz CT molecular complexity index is 673. The molecule has 130 valence electrons. The normalized spacial score (nSPS) is 11.5. The third kappa shape index (κ3) is 3.15. The molecule has 0 bridgehead atoms. The fourth-order valence-electron chi connectivity index (χ4n) is 3.97. The van der Waals surface area contributed by atoms with Crippen molar-refractivity contribution in [2.45, 2.75) is 66.2 Å². The average molecular weight is 325 g/mol. The number of hydrogen-bond acceptors (Lipinski definition) is 2. The number of nitrogen functional groups attached to an aromatic ring is 2. The van der Waals surface area contributed by atoms with Gasteiger partial charge < -0.3 is 11.5 Å². The Morgan fingerprint density at radius 3 is 1.50 bits per heavy atom. The summed E-state index contributed by atoms with van der Waals surface area (Å²) in [5.41, 5.74) is 22.5. The third-order valence-corrected chi connectivity index (χ3v) is 4.90. The van der Waals surface area contributed by atoms with Crippen molar-refractivity contribution in [2.75, 3.05) is 11.5 Å².